The smallest absolute Gasteiger partial charge is 0.261 e. The molecule has 26 heavy (non-hydrogen) atoms. The van der Waals surface area contributed by atoms with Crippen molar-refractivity contribution in [2.45, 2.75) is 35.8 Å². The third kappa shape index (κ3) is 3.62. The number of hydrogen-bond donors (Lipinski definition) is 2. The van der Waals surface area contributed by atoms with Crippen molar-refractivity contribution in [3.05, 3.63) is 46.3 Å². The van der Waals surface area contributed by atoms with Gasteiger partial charge >= 0.3 is 0 Å². The maximum Gasteiger partial charge on any atom is 0.261 e. The van der Waals surface area contributed by atoms with E-state index >= 15 is 0 Å². The molecular formula is C18H22N2O4S2. The van der Waals surface area contributed by atoms with Gasteiger partial charge < -0.3 is 10.1 Å². The Labute approximate surface area is 157 Å². The number of primary sulfonamides is 1. The molecule has 1 atom stereocenters. The van der Waals surface area contributed by atoms with Crippen LogP contribution >= 0.6 is 11.3 Å². The lowest BCUT2D eigenvalue weighted by molar-refractivity contribution is 0.0946. The summed E-state index contributed by atoms with van der Waals surface area (Å²) in [5.41, 5.74) is 2.44. The second-order valence-electron chi connectivity index (χ2n) is 6.77. The molecule has 1 aromatic heterocycles. The van der Waals surface area contributed by atoms with E-state index in [1.54, 1.807) is 0 Å². The minimum atomic E-state index is -3.93. The minimum absolute atomic E-state index is 0.0943. The molecule has 6 nitrogen and oxygen atoms in total. The maximum absolute atomic E-state index is 12.6. The first-order valence-corrected chi connectivity index (χ1v) is 10.7. The SMILES string of the molecule is COc1cc(C(=O)NCC2(C)CCCc3ccccc32)sc1S(N)(=O)=O. The summed E-state index contributed by atoms with van der Waals surface area (Å²) in [6.07, 6.45) is 3.12. The molecule has 0 radical (unpaired) electrons. The molecule has 0 aliphatic heterocycles. The van der Waals surface area contributed by atoms with E-state index in [2.05, 4.69) is 24.4 Å². The predicted octanol–water partition coefficient (Wildman–Crippen LogP) is 2.43. The van der Waals surface area contributed by atoms with E-state index < -0.39 is 10.0 Å². The number of ether oxygens (including phenoxy) is 1. The fourth-order valence-corrected chi connectivity index (χ4v) is 5.42. The highest BCUT2D eigenvalue weighted by atomic mass is 32.2. The molecule has 0 saturated carbocycles. The van der Waals surface area contributed by atoms with Crippen LogP contribution in [0.15, 0.2) is 34.5 Å². The molecule has 0 fully saturated rings. The largest absolute Gasteiger partial charge is 0.494 e. The zero-order valence-electron chi connectivity index (χ0n) is 14.7. The monoisotopic (exact) mass is 394 g/mol. The number of carbonyl (C=O) groups excluding carboxylic acids is 1. The van der Waals surface area contributed by atoms with Crippen LogP contribution in [0.5, 0.6) is 5.75 Å². The van der Waals surface area contributed by atoms with Gasteiger partial charge in [0.1, 0.15) is 0 Å². The molecule has 3 rings (SSSR count). The molecule has 1 aliphatic rings. The molecule has 2 aromatic rings. The molecule has 1 unspecified atom stereocenters. The Morgan fingerprint density at radius 1 is 1.38 bits per heavy atom. The van der Waals surface area contributed by atoms with Crippen molar-refractivity contribution in [2.24, 2.45) is 5.14 Å². The normalized spacial score (nSPS) is 19.7. The van der Waals surface area contributed by atoms with Crippen LogP contribution in [-0.4, -0.2) is 28.0 Å². The highest BCUT2D eigenvalue weighted by Gasteiger charge is 2.32. The first kappa shape index (κ1) is 18.9. The third-order valence-corrected chi connectivity index (χ3v) is 7.42. The predicted molar refractivity (Wildman–Crippen MR) is 101 cm³/mol. The van der Waals surface area contributed by atoms with E-state index in [-0.39, 0.29) is 26.2 Å². The molecule has 1 heterocycles. The molecule has 1 aromatic carbocycles. The van der Waals surface area contributed by atoms with Crippen LogP contribution in [0.3, 0.4) is 0 Å². The van der Waals surface area contributed by atoms with Crippen molar-refractivity contribution in [3.63, 3.8) is 0 Å². The fourth-order valence-electron chi connectivity index (χ4n) is 3.49. The molecule has 1 amide bonds. The van der Waals surface area contributed by atoms with Gasteiger partial charge in [-0.15, -0.1) is 11.3 Å². The van der Waals surface area contributed by atoms with Crippen LogP contribution in [-0.2, 0) is 21.9 Å². The number of sulfonamides is 1. The van der Waals surface area contributed by atoms with Crippen LogP contribution in [0.25, 0.3) is 0 Å². The average Bonchev–Trinajstić information content (AvgIpc) is 3.05. The van der Waals surface area contributed by atoms with Crippen molar-refractivity contribution >= 4 is 27.3 Å². The zero-order valence-corrected chi connectivity index (χ0v) is 16.4. The molecule has 140 valence electrons. The van der Waals surface area contributed by atoms with Gasteiger partial charge in [-0.05, 0) is 30.4 Å². The summed E-state index contributed by atoms with van der Waals surface area (Å²) >= 11 is 0.820. The Morgan fingerprint density at radius 2 is 2.12 bits per heavy atom. The van der Waals surface area contributed by atoms with Crippen LogP contribution in [0, 0.1) is 0 Å². The lowest BCUT2D eigenvalue weighted by Crippen LogP contribution is -2.40. The molecule has 1 aliphatic carbocycles. The number of methoxy groups -OCH3 is 1. The number of nitrogens with two attached hydrogens (primary N) is 1. The van der Waals surface area contributed by atoms with Gasteiger partial charge in [0.2, 0.25) is 0 Å². The molecule has 0 bridgehead atoms. The van der Waals surface area contributed by atoms with Crippen molar-refractivity contribution in [3.8, 4) is 5.75 Å². The average molecular weight is 395 g/mol. The maximum atomic E-state index is 12.6. The van der Waals surface area contributed by atoms with E-state index in [4.69, 9.17) is 9.88 Å². The Morgan fingerprint density at radius 3 is 2.77 bits per heavy atom. The van der Waals surface area contributed by atoms with E-state index in [1.165, 1.54) is 24.3 Å². The fraction of sp³-hybridized carbons (Fsp3) is 0.389. The van der Waals surface area contributed by atoms with Crippen LogP contribution in [0.1, 0.15) is 40.6 Å². The Bertz CT molecular complexity index is 936. The summed E-state index contributed by atoms with van der Waals surface area (Å²) in [4.78, 5) is 12.8. The van der Waals surface area contributed by atoms with Gasteiger partial charge in [-0.1, -0.05) is 31.2 Å². The second kappa shape index (κ2) is 7.02. The van der Waals surface area contributed by atoms with E-state index in [9.17, 15) is 13.2 Å². The lowest BCUT2D eigenvalue weighted by atomic mass is 9.71. The minimum Gasteiger partial charge on any atom is -0.494 e. The highest BCUT2D eigenvalue weighted by Crippen LogP contribution is 2.37. The summed E-state index contributed by atoms with van der Waals surface area (Å²) in [6, 6.07) is 9.73. The molecular weight excluding hydrogens is 372 g/mol. The van der Waals surface area contributed by atoms with Crippen LogP contribution in [0.2, 0.25) is 0 Å². The zero-order chi connectivity index (χ0) is 18.9. The first-order valence-electron chi connectivity index (χ1n) is 8.32. The number of carbonyl (C=O) groups is 1. The van der Waals surface area contributed by atoms with Crippen molar-refractivity contribution in [1.29, 1.82) is 0 Å². The number of amides is 1. The summed E-state index contributed by atoms with van der Waals surface area (Å²) < 4.78 is 28.1. The number of aryl methyl sites for hydroxylation is 1. The number of fused-ring (bicyclic) bond motifs is 1. The summed E-state index contributed by atoms with van der Waals surface area (Å²) in [6.45, 7) is 2.63. The Hall–Kier alpha value is -1.90. The Kier molecular flexibility index (Phi) is 5.09. The number of nitrogens with one attached hydrogen (secondary N) is 1. The van der Waals surface area contributed by atoms with Crippen molar-refractivity contribution in [2.75, 3.05) is 13.7 Å². The molecule has 0 saturated heterocycles. The van der Waals surface area contributed by atoms with Gasteiger partial charge in [0.15, 0.2) is 9.96 Å². The van der Waals surface area contributed by atoms with Crippen molar-refractivity contribution < 1.29 is 17.9 Å². The second-order valence-corrected chi connectivity index (χ2v) is 9.57. The van der Waals surface area contributed by atoms with E-state index in [1.807, 2.05) is 12.1 Å². The van der Waals surface area contributed by atoms with Crippen molar-refractivity contribution in [1.82, 2.24) is 5.32 Å². The van der Waals surface area contributed by atoms with Gasteiger partial charge in [-0.3, -0.25) is 4.79 Å². The number of benzene rings is 1. The summed E-state index contributed by atoms with van der Waals surface area (Å²) in [5, 5.41) is 8.13. The number of hydrogen-bond acceptors (Lipinski definition) is 5. The van der Waals surface area contributed by atoms with Crippen LogP contribution < -0.4 is 15.2 Å². The topological polar surface area (TPSA) is 98.5 Å². The van der Waals surface area contributed by atoms with E-state index in [0.717, 1.165) is 30.6 Å². The van der Waals surface area contributed by atoms with Gasteiger partial charge in [-0.2, -0.15) is 0 Å². The molecule has 8 heteroatoms. The number of thiophene rings is 1. The van der Waals surface area contributed by atoms with E-state index in [0.29, 0.717) is 6.54 Å². The third-order valence-electron chi connectivity index (χ3n) is 4.85. The summed E-state index contributed by atoms with van der Waals surface area (Å²) in [7, 11) is -2.59. The summed E-state index contributed by atoms with van der Waals surface area (Å²) in [5.74, 6) is -0.232. The van der Waals surface area contributed by atoms with Gasteiger partial charge in [0.05, 0.1) is 12.0 Å². The number of rotatable bonds is 5. The molecule has 3 N–H and O–H groups in total. The highest BCUT2D eigenvalue weighted by molar-refractivity contribution is 7.91. The first-order chi connectivity index (χ1) is 12.2. The standard InChI is InChI=1S/C18H22N2O4S2/c1-18(9-5-7-12-6-3-4-8-13(12)18)11-20-16(21)15-10-14(24-2)17(25-15)26(19,22)23/h3-4,6,8,10H,5,7,9,11H2,1-2H3,(H,20,21)(H2,19,22,23). The quantitative estimate of drug-likeness (QED) is 0.814. The Balaban J connectivity index is 1.79. The van der Waals surface area contributed by atoms with Gasteiger partial charge in [-0.25, -0.2) is 13.6 Å². The lowest BCUT2D eigenvalue weighted by Gasteiger charge is -2.36. The molecule has 0 spiro atoms. The van der Waals surface area contributed by atoms with Crippen LogP contribution in [0.4, 0.5) is 0 Å². The van der Waals surface area contributed by atoms with Gasteiger partial charge in [0.25, 0.3) is 15.9 Å². The van der Waals surface area contributed by atoms with Gasteiger partial charge in [0, 0.05) is 18.0 Å².